The molecule has 0 spiro atoms. The zero-order valence-corrected chi connectivity index (χ0v) is 18.5. The maximum Gasteiger partial charge on any atom is 0.0788 e. The molecule has 0 saturated carbocycles. The van der Waals surface area contributed by atoms with Crippen LogP contribution in [-0.2, 0) is 0 Å². The van der Waals surface area contributed by atoms with Gasteiger partial charge in [-0.25, -0.2) is 4.98 Å². The molecule has 4 rings (SSSR count). The van der Waals surface area contributed by atoms with Gasteiger partial charge in [-0.3, -0.25) is 0 Å². The number of pyridine rings is 1. The van der Waals surface area contributed by atoms with Gasteiger partial charge in [-0.2, -0.15) is 0 Å². The quantitative estimate of drug-likeness (QED) is 0.279. The molecule has 156 valence electrons. The maximum atomic E-state index is 5.99. The van der Waals surface area contributed by atoms with Crippen LogP contribution in [0.2, 0.25) is 0 Å². The van der Waals surface area contributed by atoms with Crippen molar-refractivity contribution in [1.82, 2.24) is 4.98 Å². The Kier molecular flexibility index (Phi) is 6.94. The van der Waals surface area contributed by atoms with E-state index in [4.69, 9.17) is 16.5 Å². The molecule has 1 aromatic heterocycles. The second-order valence-corrected chi connectivity index (χ2v) is 8.42. The number of nitrogen functional groups attached to an aromatic ring is 2. The van der Waals surface area contributed by atoms with Gasteiger partial charge >= 0.3 is 0 Å². The third kappa shape index (κ3) is 4.91. The minimum atomic E-state index is 0.716. The highest BCUT2D eigenvalue weighted by molar-refractivity contribution is 6.12. The number of hydrogen-bond donors (Lipinski definition) is 2. The van der Waals surface area contributed by atoms with Crippen LogP contribution < -0.4 is 11.5 Å². The number of aromatic nitrogens is 1. The molecule has 3 nitrogen and oxygen atoms in total. The summed E-state index contributed by atoms with van der Waals surface area (Å²) in [5, 5.41) is 3.28. The van der Waals surface area contributed by atoms with Gasteiger partial charge < -0.3 is 11.5 Å². The third-order valence-corrected chi connectivity index (χ3v) is 5.77. The zero-order chi connectivity index (χ0) is 21.7. The first kappa shape index (κ1) is 21.6. The molecule has 0 aliphatic heterocycles. The summed E-state index contributed by atoms with van der Waals surface area (Å²) >= 11 is 0. The summed E-state index contributed by atoms with van der Waals surface area (Å²) in [5.74, 6) is 1.79. The second-order valence-electron chi connectivity index (χ2n) is 8.42. The Labute approximate surface area is 180 Å². The maximum absolute atomic E-state index is 5.99. The van der Waals surface area contributed by atoms with Crippen molar-refractivity contribution in [2.75, 3.05) is 11.5 Å². The minimum Gasteiger partial charge on any atom is -0.399 e. The number of hydrogen-bond acceptors (Lipinski definition) is 3. The molecule has 0 fully saturated rings. The van der Waals surface area contributed by atoms with Gasteiger partial charge in [-0.1, -0.05) is 83.0 Å². The van der Waals surface area contributed by atoms with Crippen LogP contribution in [0.25, 0.3) is 32.9 Å². The van der Waals surface area contributed by atoms with Gasteiger partial charge in [-0.15, -0.1) is 0 Å². The standard InChI is InChI=1S/C19H15N3.C8H18/c20-13-6-8-15-16-9-7-14(21)11-18(16)22-19(17(15)10-13)12-4-2-1-3-5-12;1-5-6-8(4)7(2)3/h1-11H,20-21H2;7-8H,5-6H2,1-4H3. The van der Waals surface area contributed by atoms with Crippen molar-refractivity contribution in [3.63, 3.8) is 0 Å². The third-order valence-electron chi connectivity index (χ3n) is 5.77. The smallest absolute Gasteiger partial charge is 0.0788 e. The normalized spacial score (nSPS) is 12.0. The molecule has 30 heavy (non-hydrogen) atoms. The molecule has 1 heterocycles. The van der Waals surface area contributed by atoms with E-state index in [1.807, 2.05) is 48.5 Å². The Balaban J connectivity index is 0.000000275. The lowest BCUT2D eigenvalue weighted by Gasteiger charge is -2.12. The molecule has 4 N–H and O–H groups in total. The molecule has 0 radical (unpaired) electrons. The van der Waals surface area contributed by atoms with E-state index in [1.54, 1.807) is 0 Å². The molecular formula is C27H33N3. The van der Waals surface area contributed by atoms with Crippen LogP contribution in [0.5, 0.6) is 0 Å². The number of nitrogens with zero attached hydrogens (tertiary/aromatic N) is 1. The molecule has 1 unspecified atom stereocenters. The number of nitrogens with two attached hydrogens (primary N) is 2. The van der Waals surface area contributed by atoms with Crippen molar-refractivity contribution in [3.8, 4) is 11.3 Å². The van der Waals surface area contributed by atoms with E-state index in [-0.39, 0.29) is 0 Å². The van der Waals surface area contributed by atoms with E-state index in [2.05, 4.69) is 45.9 Å². The summed E-state index contributed by atoms with van der Waals surface area (Å²) in [7, 11) is 0. The van der Waals surface area contributed by atoms with Crippen molar-refractivity contribution in [2.45, 2.75) is 40.5 Å². The van der Waals surface area contributed by atoms with Crippen LogP contribution in [0.4, 0.5) is 11.4 Å². The largest absolute Gasteiger partial charge is 0.399 e. The highest BCUT2D eigenvalue weighted by Gasteiger charge is 2.10. The Bertz CT molecular complexity index is 1120. The average Bonchev–Trinajstić information content (AvgIpc) is 2.74. The topological polar surface area (TPSA) is 64.9 Å². The van der Waals surface area contributed by atoms with Crippen LogP contribution in [0.3, 0.4) is 0 Å². The number of rotatable bonds is 4. The molecular weight excluding hydrogens is 366 g/mol. The summed E-state index contributed by atoms with van der Waals surface area (Å²) in [4.78, 5) is 4.84. The fourth-order valence-electron chi connectivity index (χ4n) is 3.65. The molecule has 1 atom stereocenters. The summed E-state index contributed by atoms with van der Waals surface area (Å²) < 4.78 is 0. The second kappa shape index (κ2) is 9.62. The van der Waals surface area contributed by atoms with E-state index in [9.17, 15) is 0 Å². The highest BCUT2D eigenvalue weighted by atomic mass is 14.7. The summed E-state index contributed by atoms with van der Waals surface area (Å²) in [6.07, 6.45) is 2.72. The van der Waals surface area contributed by atoms with Gasteiger partial charge in [0.15, 0.2) is 0 Å². The van der Waals surface area contributed by atoms with E-state index in [0.717, 1.165) is 50.5 Å². The van der Waals surface area contributed by atoms with Gasteiger partial charge in [0, 0.05) is 27.7 Å². The fraction of sp³-hybridized carbons (Fsp3) is 0.296. The Hall–Kier alpha value is -3.07. The predicted molar refractivity (Wildman–Crippen MR) is 132 cm³/mol. The predicted octanol–water partition coefficient (Wildman–Crippen LogP) is 7.30. The van der Waals surface area contributed by atoms with Gasteiger partial charge in [0.25, 0.3) is 0 Å². The molecule has 0 aliphatic rings. The first-order valence-corrected chi connectivity index (χ1v) is 10.8. The molecule has 0 saturated heterocycles. The minimum absolute atomic E-state index is 0.716. The lowest BCUT2D eigenvalue weighted by Crippen LogP contribution is -2.02. The summed E-state index contributed by atoms with van der Waals surface area (Å²) in [6.45, 7) is 9.16. The fourth-order valence-corrected chi connectivity index (χ4v) is 3.65. The summed E-state index contributed by atoms with van der Waals surface area (Å²) in [6, 6.07) is 21.9. The number of benzene rings is 3. The Morgan fingerprint density at radius 3 is 2.00 bits per heavy atom. The number of fused-ring (bicyclic) bond motifs is 3. The van der Waals surface area contributed by atoms with Crippen LogP contribution in [-0.4, -0.2) is 4.98 Å². The van der Waals surface area contributed by atoms with E-state index < -0.39 is 0 Å². The molecule has 0 amide bonds. The molecule has 3 aromatic carbocycles. The van der Waals surface area contributed by atoms with Crippen molar-refractivity contribution in [1.29, 1.82) is 0 Å². The van der Waals surface area contributed by atoms with E-state index in [1.165, 1.54) is 12.8 Å². The summed E-state index contributed by atoms with van der Waals surface area (Å²) in [5.41, 5.74) is 16.3. The van der Waals surface area contributed by atoms with Crippen LogP contribution in [0, 0.1) is 11.8 Å². The highest BCUT2D eigenvalue weighted by Crippen LogP contribution is 2.34. The van der Waals surface area contributed by atoms with Gasteiger partial charge in [0.1, 0.15) is 0 Å². The van der Waals surface area contributed by atoms with Crippen LogP contribution in [0.15, 0.2) is 66.7 Å². The lowest BCUT2D eigenvalue weighted by molar-refractivity contribution is 0.389. The van der Waals surface area contributed by atoms with Crippen LogP contribution in [0.1, 0.15) is 40.5 Å². The van der Waals surface area contributed by atoms with E-state index in [0.29, 0.717) is 5.69 Å². The monoisotopic (exact) mass is 399 g/mol. The van der Waals surface area contributed by atoms with Gasteiger partial charge in [0.05, 0.1) is 11.2 Å². The molecule has 0 bridgehead atoms. The SMILES string of the molecule is CCCC(C)C(C)C.Nc1ccc2c(c1)nc(-c1ccccc1)c1cc(N)ccc12. The molecule has 4 aromatic rings. The van der Waals surface area contributed by atoms with Crippen LogP contribution >= 0.6 is 0 Å². The van der Waals surface area contributed by atoms with Crippen molar-refractivity contribution < 1.29 is 0 Å². The first-order chi connectivity index (χ1) is 14.4. The lowest BCUT2D eigenvalue weighted by atomic mass is 9.94. The molecule has 0 aliphatic carbocycles. The zero-order valence-electron chi connectivity index (χ0n) is 18.5. The van der Waals surface area contributed by atoms with Gasteiger partial charge in [-0.05, 0) is 41.5 Å². The van der Waals surface area contributed by atoms with E-state index >= 15 is 0 Å². The van der Waals surface area contributed by atoms with Crippen molar-refractivity contribution >= 4 is 33.1 Å². The molecule has 3 heteroatoms. The number of anilines is 2. The Morgan fingerprint density at radius 1 is 0.767 bits per heavy atom. The average molecular weight is 400 g/mol. The Morgan fingerprint density at radius 2 is 1.40 bits per heavy atom. The van der Waals surface area contributed by atoms with Gasteiger partial charge in [0.2, 0.25) is 0 Å². The van der Waals surface area contributed by atoms with Crippen molar-refractivity contribution in [3.05, 3.63) is 66.7 Å². The van der Waals surface area contributed by atoms with Crippen molar-refractivity contribution in [2.24, 2.45) is 11.8 Å². The first-order valence-electron chi connectivity index (χ1n) is 10.8.